The zero-order chi connectivity index (χ0) is 17.4. The van der Waals surface area contributed by atoms with Crippen molar-refractivity contribution in [2.75, 3.05) is 30.3 Å². The minimum atomic E-state index is -0.414. The fourth-order valence-corrected chi connectivity index (χ4v) is 3.75. The van der Waals surface area contributed by atoms with E-state index in [-0.39, 0.29) is 36.4 Å². The number of nitro benzene ring substituents is 1. The average Bonchev–Trinajstić information content (AvgIpc) is 3.05. The van der Waals surface area contributed by atoms with E-state index < -0.39 is 4.92 Å². The molecule has 0 radical (unpaired) electrons. The van der Waals surface area contributed by atoms with Crippen LogP contribution in [0.25, 0.3) is 11.3 Å². The van der Waals surface area contributed by atoms with Crippen molar-refractivity contribution < 1.29 is 4.92 Å². The predicted molar refractivity (Wildman–Crippen MR) is 110 cm³/mol. The number of nitrogens with two attached hydrogens (primary N) is 1. The first-order chi connectivity index (χ1) is 12.1. The molecule has 2 aliphatic heterocycles. The number of nitrogen functional groups attached to an aromatic ring is 1. The number of nitrogens with zero attached hydrogens (tertiary/aromatic N) is 4. The van der Waals surface area contributed by atoms with E-state index in [1.54, 1.807) is 12.1 Å². The van der Waals surface area contributed by atoms with Crippen LogP contribution in [0.15, 0.2) is 30.3 Å². The van der Waals surface area contributed by atoms with Gasteiger partial charge in [0, 0.05) is 42.9 Å². The number of non-ortho nitro benzene ring substituents is 1. The summed E-state index contributed by atoms with van der Waals surface area (Å²) in [6.45, 7) is 2.96. The molecule has 3 heterocycles. The third-order valence-corrected chi connectivity index (χ3v) is 5.03. The topological polar surface area (TPSA) is 110 Å². The standard InChI is InChI=1S/C17H20N6O2.2ClH/c18-17-20-14(11-3-5-13(6-4-11)23(24)25)8-16(21-17)22-9-12-2-1-7-19-15(12)10-22;;/h3-6,8,12,15,19H,1-2,7,9-10H2,(H2,18,20,21);2*1H/t12-,15+;;/m1../s1. The third kappa shape index (κ3) is 4.40. The summed E-state index contributed by atoms with van der Waals surface area (Å²) in [5.74, 6) is 1.68. The minimum absolute atomic E-state index is 0. The Kier molecular flexibility index (Phi) is 6.80. The van der Waals surface area contributed by atoms with E-state index in [2.05, 4.69) is 20.2 Å². The molecule has 3 N–H and O–H groups in total. The summed E-state index contributed by atoms with van der Waals surface area (Å²) in [5, 5.41) is 14.4. The first-order valence-electron chi connectivity index (χ1n) is 8.48. The van der Waals surface area contributed by atoms with Crippen molar-refractivity contribution in [2.24, 2.45) is 5.92 Å². The first kappa shape index (κ1) is 21.1. The monoisotopic (exact) mass is 412 g/mol. The van der Waals surface area contributed by atoms with Gasteiger partial charge >= 0.3 is 0 Å². The number of piperidine rings is 1. The number of aromatic nitrogens is 2. The Morgan fingerprint density at radius 2 is 1.93 bits per heavy atom. The Labute approximate surface area is 169 Å². The molecule has 2 saturated heterocycles. The van der Waals surface area contributed by atoms with Gasteiger partial charge in [-0.3, -0.25) is 10.1 Å². The molecule has 4 rings (SSSR count). The van der Waals surface area contributed by atoms with Crippen LogP contribution >= 0.6 is 24.8 Å². The molecule has 1 aromatic carbocycles. The fourth-order valence-electron chi connectivity index (χ4n) is 3.75. The molecular formula is C17H22Cl2N6O2. The smallest absolute Gasteiger partial charge is 0.269 e. The Morgan fingerprint density at radius 1 is 1.19 bits per heavy atom. The lowest BCUT2D eigenvalue weighted by molar-refractivity contribution is -0.384. The fraction of sp³-hybridized carbons (Fsp3) is 0.412. The summed E-state index contributed by atoms with van der Waals surface area (Å²) in [6.07, 6.45) is 2.46. The molecule has 8 nitrogen and oxygen atoms in total. The third-order valence-electron chi connectivity index (χ3n) is 5.03. The molecule has 0 spiro atoms. The van der Waals surface area contributed by atoms with Gasteiger partial charge < -0.3 is 16.0 Å². The molecule has 10 heteroatoms. The summed E-state index contributed by atoms with van der Waals surface area (Å²) in [4.78, 5) is 21.3. The minimum Gasteiger partial charge on any atom is -0.368 e. The molecule has 1 aromatic heterocycles. The van der Waals surface area contributed by atoms with E-state index in [9.17, 15) is 10.1 Å². The van der Waals surface area contributed by atoms with Gasteiger partial charge in [0.15, 0.2) is 0 Å². The van der Waals surface area contributed by atoms with Gasteiger partial charge in [-0.15, -0.1) is 24.8 Å². The molecule has 2 aliphatic rings. The molecular weight excluding hydrogens is 391 g/mol. The van der Waals surface area contributed by atoms with Crippen LogP contribution in [-0.4, -0.2) is 40.6 Å². The number of fused-ring (bicyclic) bond motifs is 1. The van der Waals surface area contributed by atoms with E-state index in [0.29, 0.717) is 17.7 Å². The lowest BCUT2D eigenvalue weighted by atomic mass is 9.94. The Bertz CT molecular complexity index is 791. The van der Waals surface area contributed by atoms with Gasteiger partial charge in [-0.25, -0.2) is 4.98 Å². The van der Waals surface area contributed by atoms with E-state index in [4.69, 9.17) is 5.73 Å². The number of anilines is 2. The zero-order valence-electron chi connectivity index (χ0n) is 14.6. The second-order valence-electron chi connectivity index (χ2n) is 6.64. The Balaban J connectivity index is 0.00000131. The Morgan fingerprint density at radius 3 is 2.59 bits per heavy atom. The van der Waals surface area contributed by atoms with Crippen molar-refractivity contribution in [1.29, 1.82) is 0 Å². The molecule has 2 aromatic rings. The van der Waals surface area contributed by atoms with Crippen LogP contribution in [0.2, 0.25) is 0 Å². The van der Waals surface area contributed by atoms with Crippen molar-refractivity contribution in [3.05, 3.63) is 40.4 Å². The van der Waals surface area contributed by atoms with Crippen LogP contribution in [0.1, 0.15) is 12.8 Å². The first-order valence-corrected chi connectivity index (χ1v) is 8.48. The Hall–Kier alpha value is -2.16. The highest BCUT2D eigenvalue weighted by atomic mass is 35.5. The highest BCUT2D eigenvalue weighted by Gasteiger charge is 2.35. The number of hydrogen-bond donors (Lipinski definition) is 2. The van der Waals surface area contributed by atoms with Crippen LogP contribution in [-0.2, 0) is 0 Å². The maximum Gasteiger partial charge on any atom is 0.269 e. The van der Waals surface area contributed by atoms with E-state index >= 15 is 0 Å². The summed E-state index contributed by atoms with van der Waals surface area (Å²) in [6, 6.07) is 8.75. The SMILES string of the molecule is Cl.Cl.Nc1nc(-c2ccc([N+](=O)[O-])cc2)cc(N2C[C@H]3CCCN[C@H]3C2)n1. The molecule has 146 valence electrons. The van der Waals surface area contributed by atoms with Gasteiger partial charge in [-0.2, -0.15) is 4.98 Å². The lowest BCUT2D eigenvalue weighted by Crippen LogP contribution is -2.40. The van der Waals surface area contributed by atoms with Crippen LogP contribution in [0.4, 0.5) is 17.5 Å². The summed E-state index contributed by atoms with van der Waals surface area (Å²) in [5.41, 5.74) is 7.44. The highest BCUT2D eigenvalue weighted by Crippen LogP contribution is 2.30. The second-order valence-corrected chi connectivity index (χ2v) is 6.64. The van der Waals surface area contributed by atoms with Gasteiger partial charge in [0.05, 0.1) is 10.6 Å². The molecule has 0 unspecified atom stereocenters. The van der Waals surface area contributed by atoms with E-state index in [0.717, 1.165) is 31.0 Å². The van der Waals surface area contributed by atoms with Crippen molar-refractivity contribution >= 4 is 42.3 Å². The number of halogens is 2. The van der Waals surface area contributed by atoms with Gasteiger partial charge in [0.1, 0.15) is 5.82 Å². The molecule has 2 atom stereocenters. The molecule has 0 amide bonds. The molecule has 0 saturated carbocycles. The second kappa shape index (κ2) is 8.69. The van der Waals surface area contributed by atoms with Gasteiger partial charge in [-0.1, -0.05) is 0 Å². The van der Waals surface area contributed by atoms with Crippen molar-refractivity contribution in [3.63, 3.8) is 0 Å². The lowest BCUT2D eigenvalue weighted by Gasteiger charge is -2.24. The van der Waals surface area contributed by atoms with Crippen molar-refractivity contribution in [1.82, 2.24) is 15.3 Å². The van der Waals surface area contributed by atoms with Crippen LogP contribution in [0, 0.1) is 16.0 Å². The molecule has 0 bridgehead atoms. The number of nitrogens with one attached hydrogen (secondary N) is 1. The predicted octanol–water partition coefficient (Wildman–Crippen LogP) is 2.67. The summed E-state index contributed by atoms with van der Waals surface area (Å²) < 4.78 is 0. The maximum absolute atomic E-state index is 10.8. The largest absolute Gasteiger partial charge is 0.368 e. The number of benzene rings is 1. The maximum atomic E-state index is 10.8. The highest BCUT2D eigenvalue weighted by molar-refractivity contribution is 5.85. The van der Waals surface area contributed by atoms with Crippen LogP contribution in [0.3, 0.4) is 0 Å². The molecule has 0 aliphatic carbocycles. The number of rotatable bonds is 3. The normalized spacial score (nSPS) is 21.0. The summed E-state index contributed by atoms with van der Waals surface area (Å²) in [7, 11) is 0. The van der Waals surface area contributed by atoms with Gasteiger partial charge in [0.25, 0.3) is 5.69 Å². The quantitative estimate of drug-likeness (QED) is 0.588. The van der Waals surface area contributed by atoms with Crippen molar-refractivity contribution in [2.45, 2.75) is 18.9 Å². The van der Waals surface area contributed by atoms with E-state index in [1.807, 2.05) is 6.07 Å². The summed E-state index contributed by atoms with van der Waals surface area (Å²) >= 11 is 0. The van der Waals surface area contributed by atoms with Gasteiger partial charge in [-0.05, 0) is 37.4 Å². The average molecular weight is 413 g/mol. The van der Waals surface area contributed by atoms with Crippen LogP contribution in [0.5, 0.6) is 0 Å². The number of nitro groups is 1. The zero-order valence-corrected chi connectivity index (χ0v) is 16.2. The van der Waals surface area contributed by atoms with Gasteiger partial charge in [0.2, 0.25) is 5.95 Å². The number of hydrogen-bond acceptors (Lipinski definition) is 7. The van der Waals surface area contributed by atoms with Crippen molar-refractivity contribution in [3.8, 4) is 11.3 Å². The van der Waals surface area contributed by atoms with Crippen LogP contribution < -0.4 is 16.0 Å². The molecule has 27 heavy (non-hydrogen) atoms. The molecule has 2 fully saturated rings. The van der Waals surface area contributed by atoms with E-state index in [1.165, 1.54) is 25.0 Å².